The highest BCUT2D eigenvalue weighted by molar-refractivity contribution is 5.81. The molecule has 0 saturated carbocycles. The maximum absolute atomic E-state index is 11.4. The average Bonchev–Trinajstić information content (AvgIpc) is 2.54. The Kier molecular flexibility index (Phi) is 3.58. The van der Waals surface area contributed by atoms with Crippen LogP contribution in [0.5, 0.6) is 0 Å². The number of nitrogens with zero attached hydrogens (tertiary/aromatic N) is 2. The molecule has 1 amide bonds. The molecule has 5 nitrogen and oxygen atoms in total. The molecule has 1 aliphatic rings. The van der Waals surface area contributed by atoms with Crippen molar-refractivity contribution < 1.29 is 4.79 Å². The SMILES string of the molecule is CC(N)c1ccc(N2CCCNC(=O)C2)cn1. The second kappa shape index (κ2) is 5.14. The normalized spacial score (nSPS) is 18.5. The van der Waals surface area contributed by atoms with E-state index < -0.39 is 0 Å². The molecule has 2 heterocycles. The zero-order valence-corrected chi connectivity index (χ0v) is 10.0. The van der Waals surface area contributed by atoms with Gasteiger partial charge >= 0.3 is 0 Å². The molecule has 92 valence electrons. The molecule has 17 heavy (non-hydrogen) atoms. The summed E-state index contributed by atoms with van der Waals surface area (Å²) in [6.45, 7) is 3.93. The van der Waals surface area contributed by atoms with Crippen LogP contribution in [-0.4, -0.2) is 30.5 Å². The first-order valence-corrected chi connectivity index (χ1v) is 5.90. The van der Waals surface area contributed by atoms with E-state index in [0.29, 0.717) is 6.54 Å². The van der Waals surface area contributed by atoms with Gasteiger partial charge in [-0.3, -0.25) is 9.78 Å². The van der Waals surface area contributed by atoms with Crippen LogP contribution < -0.4 is 16.0 Å². The fourth-order valence-electron chi connectivity index (χ4n) is 1.88. The van der Waals surface area contributed by atoms with Gasteiger partial charge in [-0.25, -0.2) is 0 Å². The number of rotatable bonds is 2. The zero-order valence-electron chi connectivity index (χ0n) is 10.0. The number of aromatic nitrogens is 1. The minimum absolute atomic E-state index is 0.0588. The minimum atomic E-state index is -0.0588. The number of anilines is 1. The monoisotopic (exact) mass is 234 g/mol. The Bertz CT molecular complexity index is 388. The van der Waals surface area contributed by atoms with Crippen LogP contribution in [0.2, 0.25) is 0 Å². The first-order chi connectivity index (χ1) is 8.16. The molecular formula is C12H18N4O. The number of nitrogens with one attached hydrogen (secondary N) is 1. The lowest BCUT2D eigenvalue weighted by Crippen LogP contribution is -2.33. The smallest absolute Gasteiger partial charge is 0.239 e. The van der Waals surface area contributed by atoms with Crippen molar-refractivity contribution in [3.63, 3.8) is 0 Å². The molecule has 0 spiro atoms. The summed E-state index contributed by atoms with van der Waals surface area (Å²) in [6, 6.07) is 3.84. The van der Waals surface area contributed by atoms with Crippen LogP contribution in [0.3, 0.4) is 0 Å². The number of hydrogen-bond donors (Lipinski definition) is 2. The number of nitrogens with two attached hydrogens (primary N) is 1. The molecule has 2 rings (SSSR count). The van der Waals surface area contributed by atoms with Gasteiger partial charge in [-0.15, -0.1) is 0 Å². The minimum Gasteiger partial charge on any atom is -0.361 e. The van der Waals surface area contributed by atoms with Gasteiger partial charge < -0.3 is 16.0 Å². The molecule has 1 aromatic heterocycles. The standard InChI is InChI=1S/C12H18N4O/c1-9(13)11-4-3-10(7-15-11)16-6-2-5-14-12(17)8-16/h3-4,7,9H,2,5-6,8,13H2,1H3,(H,14,17). The van der Waals surface area contributed by atoms with Crippen LogP contribution in [0.4, 0.5) is 5.69 Å². The van der Waals surface area contributed by atoms with Crippen LogP contribution in [0.1, 0.15) is 25.1 Å². The van der Waals surface area contributed by atoms with E-state index in [9.17, 15) is 4.79 Å². The summed E-state index contributed by atoms with van der Waals surface area (Å²) in [5, 5.41) is 2.85. The maximum atomic E-state index is 11.4. The molecule has 0 aromatic carbocycles. The van der Waals surface area contributed by atoms with Gasteiger partial charge in [-0.05, 0) is 25.5 Å². The van der Waals surface area contributed by atoms with E-state index in [4.69, 9.17) is 5.73 Å². The number of pyridine rings is 1. The second-order valence-corrected chi connectivity index (χ2v) is 4.36. The Balaban J connectivity index is 2.12. The number of carbonyl (C=O) groups excluding carboxylic acids is 1. The molecule has 3 N–H and O–H groups in total. The fraction of sp³-hybridized carbons (Fsp3) is 0.500. The topological polar surface area (TPSA) is 71.2 Å². The molecule has 5 heteroatoms. The Morgan fingerprint density at radius 2 is 2.35 bits per heavy atom. The van der Waals surface area contributed by atoms with Crippen LogP contribution >= 0.6 is 0 Å². The number of amides is 1. The third-order valence-electron chi connectivity index (χ3n) is 2.86. The van der Waals surface area contributed by atoms with Gasteiger partial charge in [0.25, 0.3) is 0 Å². The van der Waals surface area contributed by atoms with Crippen molar-refractivity contribution in [2.75, 3.05) is 24.5 Å². The highest BCUT2D eigenvalue weighted by Gasteiger charge is 2.15. The molecule has 1 unspecified atom stereocenters. The lowest BCUT2D eigenvalue weighted by atomic mass is 10.2. The van der Waals surface area contributed by atoms with Crippen molar-refractivity contribution in [1.82, 2.24) is 10.3 Å². The van der Waals surface area contributed by atoms with Crippen LogP contribution in [0.15, 0.2) is 18.3 Å². The molecular weight excluding hydrogens is 216 g/mol. The van der Waals surface area contributed by atoms with E-state index in [-0.39, 0.29) is 11.9 Å². The largest absolute Gasteiger partial charge is 0.361 e. The van der Waals surface area contributed by atoms with Crippen molar-refractivity contribution in [3.05, 3.63) is 24.0 Å². The summed E-state index contributed by atoms with van der Waals surface area (Å²) in [7, 11) is 0. The van der Waals surface area contributed by atoms with Crippen LogP contribution in [0, 0.1) is 0 Å². The highest BCUT2D eigenvalue weighted by atomic mass is 16.2. The molecule has 1 fully saturated rings. The predicted octanol–water partition coefficient (Wildman–Crippen LogP) is 0.428. The number of hydrogen-bond acceptors (Lipinski definition) is 4. The zero-order chi connectivity index (χ0) is 12.3. The molecule has 1 aliphatic heterocycles. The van der Waals surface area contributed by atoms with Gasteiger partial charge in [0, 0.05) is 19.1 Å². The van der Waals surface area contributed by atoms with Crippen molar-refractivity contribution in [3.8, 4) is 0 Å². The lowest BCUT2D eigenvalue weighted by molar-refractivity contribution is -0.119. The summed E-state index contributed by atoms with van der Waals surface area (Å²) in [6.07, 6.45) is 2.75. The average molecular weight is 234 g/mol. The summed E-state index contributed by atoms with van der Waals surface area (Å²) >= 11 is 0. The Morgan fingerprint density at radius 3 is 3.00 bits per heavy atom. The van der Waals surface area contributed by atoms with Crippen molar-refractivity contribution in [2.24, 2.45) is 5.73 Å². The van der Waals surface area contributed by atoms with E-state index in [2.05, 4.69) is 10.3 Å². The van der Waals surface area contributed by atoms with E-state index >= 15 is 0 Å². The van der Waals surface area contributed by atoms with Gasteiger partial charge in [0.15, 0.2) is 0 Å². The van der Waals surface area contributed by atoms with Crippen molar-refractivity contribution in [2.45, 2.75) is 19.4 Å². The number of carbonyl (C=O) groups is 1. The molecule has 1 aromatic rings. The molecule has 1 saturated heterocycles. The van der Waals surface area contributed by atoms with Gasteiger partial charge in [-0.2, -0.15) is 0 Å². The molecule has 0 bridgehead atoms. The van der Waals surface area contributed by atoms with Crippen molar-refractivity contribution in [1.29, 1.82) is 0 Å². The van der Waals surface area contributed by atoms with E-state index in [1.165, 1.54) is 0 Å². The summed E-state index contributed by atoms with van der Waals surface area (Å²) < 4.78 is 0. The summed E-state index contributed by atoms with van der Waals surface area (Å²) in [5.41, 5.74) is 7.60. The van der Waals surface area contributed by atoms with Gasteiger partial charge in [0.05, 0.1) is 24.1 Å². The highest BCUT2D eigenvalue weighted by Crippen LogP contribution is 2.16. The van der Waals surface area contributed by atoms with Crippen molar-refractivity contribution >= 4 is 11.6 Å². The van der Waals surface area contributed by atoms with Gasteiger partial charge in [0.2, 0.25) is 5.91 Å². The summed E-state index contributed by atoms with van der Waals surface area (Å²) in [5.74, 6) is 0.0683. The first kappa shape index (κ1) is 11.9. The second-order valence-electron chi connectivity index (χ2n) is 4.36. The lowest BCUT2D eigenvalue weighted by Gasteiger charge is -2.21. The third kappa shape index (κ3) is 2.94. The Morgan fingerprint density at radius 1 is 1.53 bits per heavy atom. The first-order valence-electron chi connectivity index (χ1n) is 5.90. The third-order valence-corrected chi connectivity index (χ3v) is 2.86. The van der Waals surface area contributed by atoms with Crippen LogP contribution in [-0.2, 0) is 4.79 Å². The molecule has 0 aliphatic carbocycles. The molecule has 1 atom stereocenters. The summed E-state index contributed by atoms with van der Waals surface area (Å²) in [4.78, 5) is 17.8. The van der Waals surface area contributed by atoms with E-state index in [1.54, 1.807) is 6.20 Å². The fourth-order valence-corrected chi connectivity index (χ4v) is 1.88. The molecule has 0 radical (unpaired) electrons. The Labute approximate surface area is 101 Å². The van der Waals surface area contributed by atoms with E-state index in [0.717, 1.165) is 30.9 Å². The Hall–Kier alpha value is -1.62. The predicted molar refractivity (Wildman–Crippen MR) is 66.7 cm³/mol. The van der Waals surface area contributed by atoms with Gasteiger partial charge in [0.1, 0.15) is 0 Å². The van der Waals surface area contributed by atoms with Crippen LogP contribution in [0.25, 0.3) is 0 Å². The van der Waals surface area contributed by atoms with Gasteiger partial charge in [-0.1, -0.05) is 0 Å². The quantitative estimate of drug-likeness (QED) is 0.778. The van der Waals surface area contributed by atoms with E-state index in [1.807, 2.05) is 24.0 Å². The maximum Gasteiger partial charge on any atom is 0.239 e.